The van der Waals surface area contributed by atoms with Crippen molar-refractivity contribution in [2.45, 2.75) is 95.3 Å². The number of ether oxygens (including phenoxy) is 2. The van der Waals surface area contributed by atoms with Crippen molar-refractivity contribution in [2.24, 2.45) is 11.8 Å². The fraction of sp³-hybridized carbons (Fsp3) is 0.370. The molecule has 1 aliphatic heterocycles. The summed E-state index contributed by atoms with van der Waals surface area (Å²) >= 11 is 1.18. The summed E-state index contributed by atoms with van der Waals surface area (Å²) < 4.78 is 12.5. The molecule has 0 N–H and O–H groups in total. The number of nitrogens with zero attached hydrogens (tertiary/aromatic N) is 2. The summed E-state index contributed by atoms with van der Waals surface area (Å²) in [5.74, 6) is 3.29. The highest BCUT2D eigenvalue weighted by Gasteiger charge is 2.32. The number of benzene rings is 4. The van der Waals surface area contributed by atoms with Crippen LogP contribution in [0.1, 0.15) is 96.6 Å². The molecule has 6 rings (SSSR count). The van der Waals surface area contributed by atoms with Crippen LogP contribution in [-0.4, -0.2) is 13.2 Å². The summed E-state index contributed by atoms with van der Waals surface area (Å²) in [6.07, 6.45) is 14.9. The van der Waals surface area contributed by atoms with Gasteiger partial charge in [-0.15, -0.1) is 0 Å². The Morgan fingerprint density at radius 2 is 1.33 bits per heavy atom. The zero-order chi connectivity index (χ0) is 35.6. The van der Waals surface area contributed by atoms with Gasteiger partial charge in [0.25, 0.3) is 0 Å². The first-order valence-electron chi connectivity index (χ1n) is 19.1. The van der Waals surface area contributed by atoms with Crippen molar-refractivity contribution in [1.82, 2.24) is 0 Å². The highest BCUT2D eigenvalue weighted by molar-refractivity contribution is 7.79. The summed E-state index contributed by atoms with van der Waals surface area (Å²) in [6.45, 7) is 10.6. The fourth-order valence-corrected chi connectivity index (χ4v) is 8.32. The maximum absolute atomic E-state index is 9.48. The molecule has 0 spiro atoms. The fourth-order valence-electron chi connectivity index (χ4n) is 7.08. The number of unbranched alkanes of at least 4 members (excludes halogenated alkanes) is 1. The number of hydrogen-bond donors (Lipinski definition) is 0. The molecule has 0 radical (unpaired) electrons. The summed E-state index contributed by atoms with van der Waals surface area (Å²) in [5, 5.41) is 9.48. The molecule has 4 aromatic rings. The molecule has 51 heavy (non-hydrogen) atoms. The average molecular weight is 698 g/mol. The van der Waals surface area contributed by atoms with E-state index in [1.54, 1.807) is 0 Å². The Morgan fingerprint density at radius 3 is 1.96 bits per heavy atom. The van der Waals surface area contributed by atoms with Crippen molar-refractivity contribution in [3.63, 3.8) is 0 Å². The van der Waals surface area contributed by atoms with Crippen LogP contribution in [0.5, 0.6) is 5.75 Å². The van der Waals surface area contributed by atoms with Gasteiger partial charge >= 0.3 is 0 Å². The predicted octanol–water partition coefficient (Wildman–Crippen LogP) is 12.7. The Hall–Kier alpha value is -4.40. The molecule has 0 saturated carbocycles. The molecule has 4 nitrogen and oxygen atoms in total. The molecule has 0 aromatic heterocycles. The Kier molecular flexibility index (Phi) is 12.6. The largest absolute Gasteiger partial charge is 0.498 e. The molecule has 0 bridgehead atoms. The summed E-state index contributed by atoms with van der Waals surface area (Å²) in [4.78, 5) is 4.88. The molecule has 0 amide bonds. The first-order valence-corrected chi connectivity index (χ1v) is 20.0. The van der Waals surface area contributed by atoms with E-state index in [0.29, 0.717) is 17.4 Å². The first kappa shape index (κ1) is 36.4. The normalized spacial score (nSPS) is 14.8. The van der Waals surface area contributed by atoms with Gasteiger partial charge in [-0.05, 0) is 108 Å². The van der Waals surface area contributed by atoms with E-state index in [9.17, 15) is 5.26 Å². The van der Waals surface area contributed by atoms with Gasteiger partial charge in [-0.2, -0.15) is 5.26 Å². The van der Waals surface area contributed by atoms with Crippen LogP contribution >= 0.6 is 0 Å². The summed E-state index contributed by atoms with van der Waals surface area (Å²) in [5.41, 5.74) is 9.04. The van der Waals surface area contributed by atoms with Crippen LogP contribution < -0.4 is 9.64 Å². The minimum Gasteiger partial charge on any atom is -0.498 e. The molecule has 264 valence electrons. The van der Waals surface area contributed by atoms with Gasteiger partial charge in [-0.25, -0.2) is 0 Å². The van der Waals surface area contributed by atoms with Crippen molar-refractivity contribution in [1.29, 1.82) is 5.26 Å². The van der Waals surface area contributed by atoms with Crippen molar-refractivity contribution in [2.75, 3.05) is 18.1 Å². The van der Waals surface area contributed by atoms with Gasteiger partial charge in [0, 0.05) is 24.2 Å². The van der Waals surface area contributed by atoms with E-state index in [4.69, 9.17) is 9.47 Å². The van der Waals surface area contributed by atoms with E-state index in [1.807, 2.05) is 12.1 Å². The zero-order valence-corrected chi connectivity index (χ0v) is 31.7. The molecule has 2 atom stereocenters. The standard InChI is InChI=1S/C46H52N2O2S/c1-5-9-11-34(8-4)32-50-42-24-16-37(17-25-42)39-19-27-44-46(29-39)51-45-28-38(18-26-43(45)48(44)40-20-12-35(30-47)13-21-40)36-14-22-41(23-15-36)49-31-33(7-3)10-6-2/h12-16,18-24,26-29,33-34H,5-11,17,25,31-32H2,1-4H3/p+1. The Morgan fingerprint density at radius 1 is 0.686 bits per heavy atom. The molecular formula is C46H53N2O2S+. The van der Waals surface area contributed by atoms with Crippen LogP contribution in [0.3, 0.4) is 0 Å². The van der Waals surface area contributed by atoms with Crippen LogP contribution in [0, 0.1) is 23.2 Å². The van der Waals surface area contributed by atoms with Crippen LogP contribution in [0.4, 0.5) is 17.1 Å². The molecule has 1 aliphatic carbocycles. The molecule has 4 aromatic carbocycles. The number of allylic oxidation sites excluding steroid dienone is 4. The lowest BCUT2D eigenvalue weighted by Crippen LogP contribution is -2.17. The maximum Gasteiger partial charge on any atom is 0.182 e. The minimum absolute atomic E-state index is 0.605. The average Bonchev–Trinajstić information content (AvgIpc) is 3.18. The molecule has 0 saturated heterocycles. The first-order chi connectivity index (χ1) is 25.0. The molecule has 1 heterocycles. The Balaban J connectivity index is 1.26. The van der Waals surface area contributed by atoms with Gasteiger partial charge in [-0.1, -0.05) is 90.1 Å². The van der Waals surface area contributed by atoms with Gasteiger partial charge in [0.05, 0.1) is 42.4 Å². The highest BCUT2D eigenvalue weighted by atomic mass is 32.2. The molecule has 2 aliphatic rings. The molecule has 0 fully saturated rings. The number of thiol groups is 1. The second-order valence-corrected chi connectivity index (χ2v) is 15.2. The zero-order valence-electron chi connectivity index (χ0n) is 30.8. The van der Waals surface area contributed by atoms with Crippen LogP contribution in [0.15, 0.2) is 113 Å². The monoisotopic (exact) mass is 697 g/mol. The van der Waals surface area contributed by atoms with Crippen molar-refractivity contribution in [3.8, 4) is 22.9 Å². The predicted molar refractivity (Wildman–Crippen MR) is 215 cm³/mol. The number of nitriles is 1. The van der Waals surface area contributed by atoms with Gasteiger partial charge in [0.2, 0.25) is 0 Å². The Labute approximate surface area is 310 Å². The van der Waals surface area contributed by atoms with Crippen molar-refractivity contribution in [3.05, 3.63) is 114 Å². The lowest BCUT2D eigenvalue weighted by molar-refractivity contribution is 0.149. The van der Waals surface area contributed by atoms with E-state index in [2.05, 4.69) is 124 Å². The van der Waals surface area contributed by atoms with E-state index < -0.39 is 0 Å². The van der Waals surface area contributed by atoms with Gasteiger partial charge in [0.1, 0.15) is 17.1 Å². The second kappa shape index (κ2) is 17.7. The summed E-state index contributed by atoms with van der Waals surface area (Å²) in [6, 6.07) is 32.5. The topological polar surface area (TPSA) is 45.5 Å². The Bertz CT molecular complexity index is 1870. The number of rotatable bonds is 16. The van der Waals surface area contributed by atoms with E-state index in [-0.39, 0.29) is 0 Å². The van der Waals surface area contributed by atoms with Crippen molar-refractivity contribution >= 4 is 34.4 Å². The minimum atomic E-state index is 0.605. The third-order valence-electron chi connectivity index (χ3n) is 10.4. The molecular weight excluding hydrogens is 645 g/mol. The maximum atomic E-state index is 9.48. The molecule has 2 unspecified atom stereocenters. The number of fused-ring (bicyclic) bond motifs is 2. The third-order valence-corrected chi connectivity index (χ3v) is 11.6. The molecule has 5 heteroatoms. The summed E-state index contributed by atoms with van der Waals surface area (Å²) in [7, 11) is 0. The lowest BCUT2D eigenvalue weighted by Gasteiger charge is -2.29. The van der Waals surface area contributed by atoms with E-state index >= 15 is 0 Å². The van der Waals surface area contributed by atoms with Crippen LogP contribution in [0.2, 0.25) is 0 Å². The van der Waals surface area contributed by atoms with Gasteiger partial charge < -0.3 is 14.4 Å². The highest BCUT2D eigenvalue weighted by Crippen LogP contribution is 2.47. The van der Waals surface area contributed by atoms with Gasteiger partial charge in [0.15, 0.2) is 9.79 Å². The van der Waals surface area contributed by atoms with E-state index in [1.165, 1.54) is 88.0 Å². The third kappa shape index (κ3) is 8.92. The quantitative estimate of drug-likeness (QED) is 0.0760. The van der Waals surface area contributed by atoms with Crippen LogP contribution in [-0.2, 0) is 16.5 Å². The number of anilines is 3. The van der Waals surface area contributed by atoms with Crippen LogP contribution in [0.25, 0.3) is 16.7 Å². The smallest absolute Gasteiger partial charge is 0.182 e. The van der Waals surface area contributed by atoms with Crippen molar-refractivity contribution < 1.29 is 9.47 Å². The van der Waals surface area contributed by atoms with E-state index in [0.717, 1.165) is 55.4 Å². The number of hydrogen-bond acceptors (Lipinski definition) is 4. The second-order valence-electron chi connectivity index (χ2n) is 14.0. The SMILES string of the molecule is CCCCC(CC)COC1=CC=C(c2ccc3c(c2)[SH+]c2cc(-c4ccc(OCC(CC)CCC)cc4)ccc2N3c2ccc(C#N)cc2)CC1. The van der Waals surface area contributed by atoms with Gasteiger partial charge in [-0.3, -0.25) is 0 Å². The lowest BCUT2D eigenvalue weighted by atomic mass is 9.95.